The number of halogens is 1. The molecule has 0 atom stereocenters. The van der Waals surface area contributed by atoms with Crippen molar-refractivity contribution in [2.75, 3.05) is 11.9 Å². The average Bonchev–Trinajstić information content (AvgIpc) is 3.14. The largest absolute Gasteiger partial charge is 0.484 e. The average molecular weight is 432 g/mol. The first kappa shape index (κ1) is 19.5. The number of anilines is 1. The van der Waals surface area contributed by atoms with Crippen LogP contribution >= 0.6 is 11.6 Å². The quantitative estimate of drug-likeness (QED) is 0.669. The van der Waals surface area contributed by atoms with Gasteiger partial charge in [-0.05, 0) is 37.3 Å². The maximum Gasteiger partial charge on any atom is 0.263 e. The van der Waals surface area contributed by atoms with Gasteiger partial charge in [0.05, 0.1) is 22.9 Å². The second-order valence-electron chi connectivity index (χ2n) is 6.85. The highest BCUT2D eigenvalue weighted by Crippen LogP contribution is 2.33. The van der Waals surface area contributed by atoms with E-state index in [1.165, 1.54) is 4.68 Å². The van der Waals surface area contributed by atoms with Crippen molar-refractivity contribution in [3.8, 4) is 11.4 Å². The number of aryl methyl sites for hydroxylation is 1. The minimum atomic E-state index is -3.27. The Balaban J connectivity index is 1.60. The number of amides is 1. The maximum atomic E-state index is 12.5. The molecular weight excluding hydrogens is 414 g/mol. The zero-order valence-corrected chi connectivity index (χ0v) is 17.1. The van der Waals surface area contributed by atoms with Gasteiger partial charge in [0.2, 0.25) is 0 Å². The number of benzene rings is 2. The first-order valence-corrected chi connectivity index (χ1v) is 11.1. The van der Waals surface area contributed by atoms with Gasteiger partial charge in [-0.3, -0.25) is 4.79 Å². The second kappa shape index (κ2) is 7.53. The highest BCUT2D eigenvalue weighted by Gasteiger charge is 2.33. The summed E-state index contributed by atoms with van der Waals surface area (Å²) in [5.74, 6) is 0.152. The molecule has 0 radical (unpaired) electrons. The van der Waals surface area contributed by atoms with Crippen LogP contribution < -0.4 is 10.1 Å². The summed E-state index contributed by atoms with van der Waals surface area (Å²) in [7, 11) is -3.27. The summed E-state index contributed by atoms with van der Waals surface area (Å²) in [6.07, 6.45) is 0. The van der Waals surface area contributed by atoms with Gasteiger partial charge in [-0.15, -0.1) is 0 Å². The Hall–Kier alpha value is -2.84. The molecule has 0 bridgehead atoms. The maximum absolute atomic E-state index is 12.5. The fourth-order valence-corrected chi connectivity index (χ4v) is 4.80. The zero-order chi connectivity index (χ0) is 20.6. The van der Waals surface area contributed by atoms with Crippen LogP contribution in [0.4, 0.5) is 5.82 Å². The highest BCUT2D eigenvalue weighted by molar-refractivity contribution is 7.90. The Labute approximate surface area is 173 Å². The predicted molar refractivity (Wildman–Crippen MR) is 110 cm³/mol. The van der Waals surface area contributed by atoms with E-state index in [9.17, 15) is 13.2 Å². The van der Waals surface area contributed by atoms with Gasteiger partial charge in [0.1, 0.15) is 11.6 Å². The molecule has 1 aliphatic heterocycles. The Kier molecular flexibility index (Phi) is 5.06. The van der Waals surface area contributed by atoms with Gasteiger partial charge < -0.3 is 10.1 Å². The molecule has 0 saturated carbocycles. The molecule has 0 unspecified atom stereocenters. The predicted octanol–water partition coefficient (Wildman–Crippen LogP) is 3.28. The molecule has 0 saturated heterocycles. The third-order valence-corrected chi connectivity index (χ3v) is 6.17. The van der Waals surface area contributed by atoms with Crippen LogP contribution in [0.25, 0.3) is 5.69 Å². The number of rotatable bonds is 5. The van der Waals surface area contributed by atoms with Crippen LogP contribution in [0.5, 0.6) is 5.75 Å². The van der Waals surface area contributed by atoms with E-state index in [0.29, 0.717) is 33.5 Å². The third kappa shape index (κ3) is 4.28. The molecule has 2 aromatic carbocycles. The Morgan fingerprint density at radius 3 is 2.69 bits per heavy atom. The fraction of sp³-hybridized carbons (Fsp3) is 0.200. The monoisotopic (exact) mass is 431 g/mol. The second-order valence-corrected chi connectivity index (χ2v) is 9.35. The molecule has 1 aliphatic rings. The van der Waals surface area contributed by atoms with Crippen LogP contribution in [0.1, 0.15) is 16.8 Å². The van der Waals surface area contributed by atoms with Crippen LogP contribution in [0, 0.1) is 6.92 Å². The summed E-state index contributed by atoms with van der Waals surface area (Å²) >= 11 is 6.08. The van der Waals surface area contributed by atoms with Crippen LogP contribution in [0.2, 0.25) is 5.02 Å². The Morgan fingerprint density at radius 1 is 1.21 bits per heavy atom. The van der Waals surface area contributed by atoms with Crippen molar-refractivity contribution in [3.63, 3.8) is 0 Å². The van der Waals surface area contributed by atoms with Crippen molar-refractivity contribution in [2.24, 2.45) is 0 Å². The minimum absolute atomic E-state index is 0.154. The molecule has 1 amide bonds. The van der Waals surface area contributed by atoms with Gasteiger partial charge >= 0.3 is 0 Å². The van der Waals surface area contributed by atoms with E-state index in [0.717, 1.165) is 5.56 Å². The summed E-state index contributed by atoms with van der Waals surface area (Å²) < 4.78 is 31.1. The number of hydrogen-bond acceptors (Lipinski definition) is 5. The molecule has 0 fully saturated rings. The van der Waals surface area contributed by atoms with Gasteiger partial charge in [0.15, 0.2) is 16.4 Å². The summed E-state index contributed by atoms with van der Waals surface area (Å²) in [6, 6.07) is 14.3. The summed E-state index contributed by atoms with van der Waals surface area (Å²) in [6.45, 7) is 1.74. The topological polar surface area (TPSA) is 90.3 Å². The molecule has 1 aromatic heterocycles. The van der Waals surface area contributed by atoms with E-state index in [2.05, 4.69) is 10.4 Å². The summed E-state index contributed by atoms with van der Waals surface area (Å²) in [5.41, 5.74) is 2.64. The van der Waals surface area contributed by atoms with E-state index in [4.69, 9.17) is 16.3 Å². The standard InChI is InChI=1S/C20H18ClN3O4S/c1-13-5-7-16(8-6-13)28-10-19(25)22-20-17-11-29(26,27)12-18(17)23-24(20)15-4-2-3-14(21)9-15/h2-9H,10-12H2,1H3,(H,22,25). The van der Waals surface area contributed by atoms with Crippen LogP contribution in [-0.2, 0) is 26.1 Å². The lowest BCUT2D eigenvalue weighted by Gasteiger charge is -2.12. The number of ether oxygens (including phenoxy) is 1. The van der Waals surface area contributed by atoms with E-state index in [-0.39, 0.29) is 18.1 Å². The number of hydrogen-bond donors (Lipinski definition) is 1. The Morgan fingerprint density at radius 2 is 1.97 bits per heavy atom. The molecule has 29 heavy (non-hydrogen) atoms. The number of fused-ring (bicyclic) bond motifs is 1. The first-order chi connectivity index (χ1) is 13.8. The third-order valence-electron chi connectivity index (χ3n) is 4.49. The highest BCUT2D eigenvalue weighted by atomic mass is 35.5. The fourth-order valence-electron chi connectivity index (χ4n) is 3.12. The minimum Gasteiger partial charge on any atom is -0.484 e. The number of nitrogens with one attached hydrogen (secondary N) is 1. The zero-order valence-electron chi connectivity index (χ0n) is 15.6. The smallest absolute Gasteiger partial charge is 0.263 e. The van der Waals surface area contributed by atoms with E-state index in [1.807, 2.05) is 19.1 Å². The molecule has 150 valence electrons. The van der Waals surface area contributed by atoms with Crippen molar-refractivity contribution in [3.05, 3.63) is 70.4 Å². The van der Waals surface area contributed by atoms with Crippen LogP contribution in [-0.4, -0.2) is 30.7 Å². The lowest BCUT2D eigenvalue weighted by Crippen LogP contribution is -2.22. The first-order valence-electron chi connectivity index (χ1n) is 8.87. The molecule has 0 aliphatic carbocycles. The van der Waals surface area contributed by atoms with Crippen molar-refractivity contribution in [1.29, 1.82) is 0 Å². The normalized spacial score (nSPS) is 14.4. The van der Waals surface area contributed by atoms with Gasteiger partial charge in [-0.2, -0.15) is 5.10 Å². The summed E-state index contributed by atoms with van der Waals surface area (Å²) in [5, 5.41) is 7.66. The Bertz CT molecular complexity index is 1190. The van der Waals surface area contributed by atoms with E-state index >= 15 is 0 Å². The molecular formula is C20H18ClN3O4S. The molecule has 3 aromatic rings. The molecule has 0 spiro atoms. The molecule has 7 nitrogen and oxygen atoms in total. The molecule has 9 heteroatoms. The number of sulfone groups is 1. The number of nitrogens with zero attached hydrogens (tertiary/aromatic N) is 2. The molecule has 4 rings (SSSR count). The van der Waals surface area contributed by atoms with E-state index in [1.54, 1.807) is 36.4 Å². The van der Waals surface area contributed by atoms with Crippen molar-refractivity contribution in [2.45, 2.75) is 18.4 Å². The molecule has 2 heterocycles. The lowest BCUT2D eigenvalue weighted by atomic mass is 10.2. The lowest BCUT2D eigenvalue weighted by molar-refractivity contribution is -0.118. The number of carbonyl (C=O) groups excluding carboxylic acids is 1. The van der Waals surface area contributed by atoms with Crippen LogP contribution in [0.3, 0.4) is 0 Å². The van der Waals surface area contributed by atoms with Crippen molar-refractivity contribution in [1.82, 2.24) is 9.78 Å². The molecule has 1 N–H and O–H groups in total. The number of aromatic nitrogens is 2. The van der Waals surface area contributed by atoms with Crippen molar-refractivity contribution >= 4 is 33.2 Å². The van der Waals surface area contributed by atoms with Gasteiger partial charge in [0, 0.05) is 10.6 Å². The van der Waals surface area contributed by atoms with Crippen molar-refractivity contribution < 1.29 is 17.9 Å². The SMILES string of the molecule is Cc1ccc(OCC(=O)Nc2c3c(nn2-c2cccc(Cl)c2)CS(=O)(=O)C3)cc1. The van der Waals surface area contributed by atoms with Gasteiger partial charge in [-0.25, -0.2) is 13.1 Å². The summed E-state index contributed by atoms with van der Waals surface area (Å²) in [4.78, 5) is 12.5. The van der Waals surface area contributed by atoms with Crippen LogP contribution in [0.15, 0.2) is 48.5 Å². The van der Waals surface area contributed by atoms with Gasteiger partial charge in [-0.1, -0.05) is 35.4 Å². The van der Waals surface area contributed by atoms with E-state index < -0.39 is 15.7 Å². The van der Waals surface area contributed by atoms with Gasteiger partial charge in [0.25, 0.3) is 5.91 Å². The number of carbonyl (C=O) groups is 1.